The van der Waals surface area contributed by atoms with Crippen LogP contribution < -0.4 is 10.9 Å². The van der Waals surface area contributed by atoms with Crippen LogP contribution in [0.5, 0.6) is 0 Å². The molecule has 0 fully saturated rings. The lowest BCUT2D eigenvalue weighted by molar-refractivity contribution is -0.119. The monoisotopic (exact) mass is 307 g/mol. The van der Waals surface area contributed by atoms with Crippen LogP contribution in [-0.2, 0) is 17.8 Å². The van der Waals surface area contributed by atoms with Crippen LogP contribution in [0.4, 0.5) is 0 Å². The number of pyridine rings is 2. The number of aromatic nitrogens is 2. The van der Waals surface area contributed by atoms with Crippen LogP contribution >= 0.6 is 0 Å². The van der Waals surface area contributed by atoms with E-state index < -0.39 is 0 Å². The second-order valence-corrected chi connectivity index (χ2v) is 5.46. The van der Waals surface area contributed by atoms with Gasteiger partial charge in [-0.15, -0.1) is 0 Å². The number of fused-ring (bicyclic) bond motifs is 1. The summed E-state index contributed by atoms with van der Waals surface area (Å²) in [6, 6.07) is 13.4. The summed E-state index contributed by atoms with van der Waals surface area (Å²) in [6.45, 7) is 1.88. The Morgan fingerprint density at radius 1 is 1.22 bits per heavy atom. The number of hydrogen-bond acceptors (Lipinski definition) is 3. The van der Waals surface area contributed by atoms with Crippen LogP contribution in [0.25, 0.3) is 10.9 Å². The van der Waals surface area contributed by atoms with Crippen LogP contribution in [0.15, 0.2) is 53.5 Å². The summed E-state index contributed by atoms with van der Waals surface area (Å²) in [5, 5.41) is 3.72. The Labute approximate surface area is 133 Å². The molecule has 23 heavy (non-hydrogen) atoms. The van der Waals surface area contributed by atoms with Crippen molar-refractivity contribution in [3.05, 3.63) is 75.8 Å². The molecule has 0 aliphatic carbocycles. The average molecular weight is 307 g/mol. The van der Waals surface area contributed by atoms with Gasteiger partial charge in [0.2, 0.25) is 5.91 Å². The number of rotatable bonds is 4. The number of aromatic amines is 1. The van der Waals surface area contributed by atoms with E-state index in [1.807, 2.05) is 42.5 Å². The first-order valence-electron chi connectivity index (χ1n) is 7.41. The van der Waals surface area contributed by atoms with E-state index in [0.717, 1.165) is 22.2 Å². The number of amides is 1. The van der Waals surface area contributed by atoms with Gasteiger partial charge in [0.1, 0.15) is 0 Å². The van der Waals surface area contributed by atoms with Gasteiger partial charge < -0.3 is 10.3 Å². The van der Waals surface area contributed by atoms with E-state index in [4.69, 9.17) is 0 Å². The molecule has 0 radical (unpaired) electrons. The molecule has 0 spiro atoms. The summed E-state index contributed by atoms with van der Waals surface area (Å²) < 4.78 is 0. The van der Waals surface area contributed by atoms with E-state index in [-0.39, 0.29) is 11.5 Å². The van der Waals surface area contributed by atoms with Crippen molar-refractivity contribution in [1.29, 1.82) is 0 Å². The maximum atomic E-state index is 12.2. The topological polar surface area (TPSA) is 74.8 Å². The number of hydrogen-bond donors (Lipinski definition) is 2. The highest BCUT2D eigenvalue weighted by atomic mass is 16.1. The molecule has 2 N–H and O–H groups in total. The smallest absolute Gasteiger partial charge is 0.251 e. The molecule has 3 rings (SSSR count). The van der Waals surface area contributed by atoms with Crippen LogP contribution in [0.1, 0.15) is 23.7 Å². The predicted octanol–water partition coefficient (Wildman–Crippen LogP) is 2.15. The van der Waals surface area contributed by atoms with Crippen LogP contribution in [0.2, 0.25) is 0 Å². The van der Waals surface area contributed by atoms with Crippen molar-refractivity contribution in [2.45, 2.75) is 19.9 Å². The molecule has 0 unspecified atom stereocenters. The lowest BCUT2D eigenvalue weighted by Crippen LogP contribution is -2.19. The van der Waals surface area contributed by atoms with Crippen molar-refractivity contribution in [3.63, 3.8) is 0 Å². The van der Waals surface area contributed by atoms with Crippen LogP contribution in [0.3, 0.4) is 0 Å². The van der Waals surface area contributed by atoms with Gasteiger partial charge >= 0.3 is 0 Å². The van der Waals surface area contributed by atoms with Crippen LogP contribution in [0, 0.1) is 0 Å². The van der Waals surface area contributed by atoms with Gasteiger partial charge in [-0.2, -0.15) is 0 Å². The Bertz CT molecular complexity index is 898. The minimum Gasteiger partial charge on any atom is -0.351 e. The maximum Gasteiger partial charge on any atom is 0.251 e. The summed E-state index contributed by atoms with van der Waals surface area (Å²) in [6.07, 6.45) is 2.26. The Balaban J connectivity index is 1.80. The van der Waals surface area contributed by atoms with E-state index in [0.29, 0.717) is 18.5 Å². The molecule has 116 valence electrons. The number of benzene rings is 1. The van der Waals surface area contributed by atoms with E-state index >= 15 is 0 Å². The first-order chi connectivity index (χ1) is 11.1. The first kappa shape index (κ1) is 15.0. The molecular formula is C18H17N3O2. The lowest BCUT2D eigenvalue weighted by Gasteiger charge is -2.05. The third kappa shape index (κ3) is 3.63. The van der Waals surface area contributed by atoms with Crippen molar-refractivity contribution in [1.82, 2.24) is 15.3 Å². The quantitative estimate of drug-likeness (QED) is 0.775. The number of carbonyl (C=O) groups is 1. The number of nitrogens with zero attached hydrogens (tertiary/aromatic N) is 1. The average Bonchev–Trinajstić information content (AvgIpc) is 2.55. The molecule has 3 aromatic rings. The van der Waals surface area contributed by atoms with Crippen molar-refractivity contribution < 1.29 is 4.79 Å². The van der Waals surface area contributed by atoms with E-state index in [1.54, 1.807) is 6.20 Å². The van der Waals surface area contributed by atoms with Gasteiger partial charge in [0.05, 0.1) is 12.2 Å². The lowest BCUT2D eigenvalue weighted by atomic mass is 10.1. The first-order valence-corrected chi connectivity index (χ1v) is 7.41. The molecule has 0 saturated carbocycles. The molecule has 2 aromatic heterocycles. The summed E-state index contributed by atoms with van der Waals surface area (Å²) in [5.41, 5.74) is 3.21. The largest absolute Gasteiger partial charge is 0.351 e. The fraction of sp³-hybridized carbons (Fsp3) is 0.167. The van der Waals surface area contributed by atoms with E-state index in [9.17, 15) is 9.59 Å². The molecule has 0 atom stereocenters. The van der Waals surface area contributed by atoms with Crippen molar-refractivity contribution in [2.75, 3.05) is 0 Å². The fourth-order valence-corrected chi connectivity index (χ4v) is 2.42. The molecular weight excluding hydrogens is 290 g/mol. The third-order valence-electron chi connectivity index (χ3n) is 3.63. The number of para-hydroxylation sites is 1. The summed E-state index contributed by atoms with van der Waals surface area (Å²) in [4.78, 5) is 30.3. The highest BCUT2D eigenvalue weighted by Crippen LogP contribution is 2.13. The minimum atomic E-state index is -0.0847. The van der Waals surface area contributed by atoms with Gasteiger partial charge in [-0.1, -0.05) is 24.3 Å². The van der Waals surface area contributed by atoms with Crippen molar-refractivity contribution in [2.24, 2.45) is 0 Å². The molecule has 5 heteroatoms. The highest BCUT2D eigenvalue weighted by molar-refractivity contribution is 5.78. The van der Waals surface area contributed by atoms with Gasteiger partial charge in [0.15, 0.2) is 0 Å². The Kier molecular flexibility index (Phi) is 4.19. The molecule has 0 saturated heterocycles. The molecule has 1 aromatic carbocycles. The zero-order valence-electron chi connectivity index (χ0n) is 12.8. The molecule has 0 aliphatic rings. The van der Waals surface area contributed by atoms with Crippen molar-refractivity contribution >= 4 is 16.8 Å². The number of nitrogens with one attached hydrogen (secondary N) is 2. The second kappa shape index (κ2) is 6.44. The summed E-state index contributed by atoms with van der Waals surface area (Å²) in [7, 11) is 0. The standard InChI is InChI=1S/C18H17N3O2/c1-12(22)19-11-16-7-6-13(10-20-16)8-15-9-14-4-2-3-5-17(14)21-18(15)23/h2-7,9-10H,8,11H2,1H3,(H,19,22)(H,21,23). The fourth-order valence-electron chi connectivity index (χ4n) is 2.42. The number of carbonyl (C=O) groups excluding carboxylic acids is 1. The SMILES string of the molecule is CC(=O)NCc1ccc(Cc2cc3ccccc3[nH]c2=O)cn1. The Morgan fingerprint density at radius 3 is 2.78 bits per heavy atom. The minimum absolute atomic E-state index is 0.0778. The summed E-state index contributed by atoms with van der Waals surface area (Å²) >= 11 is 0. The molecule has 0 aliphatic heterocycles. The van der Waals surface area contributed by atoms with Gasteiger partial charge in [0, 0.05) is 30.6 Å². The van der Waals surface area contributed by atoms with Crippen molar-refractivity contribution in [3.8, 4) is 0 Å². The second-order valence-electron chi connectivity index (χ2n) is 5.46. The maximum absolute atomic E-state index is 12.2. The van der Waals surface area contributed by atoms with Gasteiger partial charge in [-0.05, 0) is 29.1 Å². The molecule has 1 amide bonds. The zero-order chi connectivity index (χ0) is 16.2. The Morgan fingerprint density at radius 2 is 2.04 bits per heavy atom. The van der Waals surface area contributed by atoms with Crippen LogP contribution in [-0.4, -0.2) is 15.9 Å². The van der Waals surface area contributed by atoms with Gasteiger partial charge in [-0.3, -0.25) is 14.6 Å². The van der Waals surface area contributed by atoms with Gasteiger partial charge in [-0.25, -0.2) is 0 Å². The Hall–Kier alpha value is -2.95. The highest BCUT2D eigenvalue weighted by Gasteiger charge is 2.05. The molecule has 5 nitrogen and oxygen atoms in total. The number of H-pyrrole nitrogens is 1. The van der Waals surface area contributed by atoms with Gasteiger partial charge in [0.25, 0.3) is 5.56 Å². The van der Waals surface area contributed by atoms with E-state index in [2.05, 4.69) is 15.3 Å². The normalized spacial score (nSPS) is 10.7. The summed E-state index contributed by atoms with van der Waals surface area (Å²) in [5.74, 6) is -0.0847. The molecule has 2 heterocycles. The predicted molar refractivity (Wildman–Crippen MR) is 89.1 cm³/mol. The van der Waals surface area contributed by atoms with E-state index in [1.165, 1.54) is 6.92 Å². The molecule has 0 bridgehead atoms. The zero-order valence-corrected chi connectivity index (χ0v) is 12.8. The third-order valence-corrected chi connectivity index (χ3v) is 3.63.